The molecule has 4 aliphatic rings. The lowest BCUT2D eigenvalue weighted by atomic mass is 9.45. The van der Waals surface area contributed by atoms with Crippen LogP contribution in [-0.4, -0.2) is 11.2 Å². The molecular formula is C29H48O. The third-order valence-electron chi connectivity index (χ3n) is 11.2. The molecule has 1 N–H and O–H groups in total. The minimum Gasteiger partial charge on any atom is -0.393 e. The largest absolute Gasteiger partial charge is 0.393 e. The van der Waals surface area contributed by atoms with E-state index in [-0.39, 0.29) is 6.10 Å². The minimum absolute atomic E-state index is 0.0767. The molecule has 8 atom stereocenters. The van der Waals surface area contributed by atoms with Gasteiger partial charge in [0.2, 0.25) is 0 Å². The molecule has 8 unspecified atom stereocenters. The summed E-state index contributed by atoms with van der Waals surface area (Å²) >= 11 is 0. The van der Waals surface area contributed by atoms with Gasteiger partial charge in [0, 0.05) is 0 Å². The van der Waals surface area contributed by atoms with Crippen LogP contribution in [0.5, 0.6) is 0 Å². The molecule has 4 rings (SSSR count). The number of rotatable bonds is 4. The minimum atomic E-state index is -0.0767. The number of allylic oxidation sites excluding steroid dienone is 4. The van der Waals surface area contributed by atoms with E-state index in [0.29, 0.717) is 28.1 Å². The van der Waals surface area contributed by atoms with Gasteiger partial charge in [-0.1, -0.05) is 57.4 Å². The lowest BCUT2D eigenvalue weighted by Crippen LogP contribution is -2.51. The Labute approximate surface area is 186 Å². The van der Waals surface area contributed by atoms with E-state index in [1.165, 1.54) is 63.4 Å². The van der Waals surface area contributed by atoms with Crippen molar-refractivity contribution < 1.29 is 5.11 Å². The fourth-order valence-corrected chi connectivity index (χ4v) is 9.09. The molecule has 0 heterocycles. The average Bonchev–Trinajstić information content (AvgIpc) is 2.96. The van der Waals surface area contributed by atoms with Crippen LogP contribution in [0.1, 0.15) is 113 Å². The lowest BCUT2D eigenvalue weighted by Gasteiger charge is -2.60. The second-order valence-electron chi connectivity index (χ2n) is 12.7. The first-order chi connectivity index (χ1) is 14.0. The van der Waals surface area contributed by atoms with Gasteiger partial charge in [-0.2, -0.15) is 0 Å². The summed E-state index contributed by atoms with van der Waals surface area (Å²) in [5.74, 6) is 2.85. The van der Waals surface area contributed by atoms with Gasteiger partial charge < -0.3 is 5.11 Å². The van der Waals surface area contributed by atoms with Gasteiger partial charge >= 0.3 is 0 Å². The molecular weight excluding hydrogens is 364 g/mol. The Bertz CT molecular complexity index is 727. The summed E-state index contributed by atoms with van der Waals surface area (Å²) < 4.78 is 0. The number of aliphatic hydroxyl groups is 1. The summed E-state index contributed by atoms with van der Waals surface area (Å²) in [6.45, 7) is 17.3. The van der Waals surface area contributed by atoms with Gasteiger partial charge in [-0.25, -0.2) is 0 Å². The van der Waals surface area contributed by atoms with E-state index in [0.717, 1.165) is 18.3 Å². The van der Waals surface area contributed by atoms with Gasteiger partial charge in [-0.3, -0.25) is 0 Å². The summed E-state index contributed by atoms with van der Waals surface area (Å²) in [4.78, 5) is 0. The molecule has 4 aliphatic carbocycles. The maximum Gasteiger partial charge on any atom is 0.0569 e. The van der Waals surface area contributed by atoms with Crippen LogP contribution in [0.4, 0.5) is 0 Å². The standard InChI is InChI=1S/C29H48O/c1-19(2)9-8-10-20(3)22-13-17-29(7)25-12-11-23-21(4)26(30)15-16-27(23,5)24(25)14-18-28(22,29)6/h9,20-23,26,30H,8,10-18H2,1-7H3. The van der Waals surface area contributed by atoms with Crippen LogP contribution in [0.25, 0.3) is 0 Å². The zero-order chi connectivity index (χ0) is 21.9. The van der Waals surface area contributed by atoms with Gasteiger partial charge in [0.05, 0.1) is 6.10 Å². The summed E-state index contributed by atoms with van der Waals surface area (Å²) in [6.07, 6.45) is 15.3. The Kier molecular flexibility index (Phi) is 5.87. The third kappa shape index (κ3) is 3.20. The van der Waals surface area contributed by atoms with Crippen molar-refractivity contribution in [1.82, 2.24) is 0 Å². The van der Waals surface area contributed by atoms with Crippen LogP contribution in [-0.2, 0) is 0 Å². The SMILES string of the molecule is CC(C)=CCCC(C)C1CCC2(C)C3=C(CCC12C)C1(C)CCC(O)C(C)C1CC3. The Morgan fingerprint density at radius 2 is 1.77 bits per heavy atom. The van der Waals surface area contributed by atoms with Crippen molar-refractivity contribution in [3.05, 3.63) is 22.8 Å². The van der Waals surface area contributed by atoms with Crippen molar-refractivity contribution in [3.63, 3.8) is 0 Å². The monoisotopic (exact) mass is 412 g/mol. The average molecular weight is 413 g/mol. The first-order valence-electron chi connectivity index (χ1n) is 13.1. The fraction of sp³-hybridized carbons (Fsp3) is 0.862. The van der Waals surface area contributed by atoms with Crippen LogP contribution < -0.4 is 0 Å². The molecule has 0 amide bonds. The summed E-state index contributed by atoms with van der Waals surface area (Å²) in [6, 6.07) is 0. The van der Waals surface area contributed by atoms with E-state index in [2.05, 4.69) is 54.5 Å². The van der Waals surface area contributed by atoms with Crippen LogP contribution >= 0.6 is 0 Å². The van der Waals surface area contributed by atoms with Crippen LogP contribution in [0.2, 0.25) is 0 Å². The zero-order valence-electron chi connectivity index (χ0n) is 21.0. The normalized spacial score (nSPS) is 46.7. The van der Waals surface area contributed by atoms with Gasteiger partial charge in [0.15, 0.2) is 0 Å². The third-order valence-corrected chi connectivity index (χ3v) is 11.2. The van der Waals surface area contributed by atoms with Crippen LogP contribution in [0, 0.1) is 39.9 Å². The van der Waals surface area contributed by atoms with E-state index in [4.69, 9.17) is 0 Å². The maximum absolute atomic E-state index is 10.5. The van der Waals surface area contributed by atoms with Crippen molar-refractivity contribution in [3.8, 4) is 0 Å². The van der Waals surface area contributed by atoms with Crippen LogP contribution in [0.3, 0.4) is 0 Å². The molecule has 0 aromatic rings. The number of aliphatic hydroxyl groups excluding tert-OH is 1. The number of fused-ring (bicyclic) bond motifs is 4. The van der Waals surface area contributed by atoms with Crippen LogP contribution in [0.15, 0.2) is 22.8 Å². The van der Waals surface area contributed by atoms with E-state index in [1.807, 2.05) is 11.1 Å². The van der Waals surface area contributed by atoms with Gasteiger partial charge in [0.1, 0.15) is 0 Å². The molecule has 1 heteroatoms. The van der Waals surface area contributed by atoms with Gasteiger partial charge in [0.25, 0.3) is 0 Å². The molecule has 0 saturated heterocycles. The highest BCUT2D eigenvalue weighted by molar-refractivity contribution is 5.38. The predicted molar refractivity (Wildman–Crippen MR) is 128 cm³/mol. The Hall–Kier alpha value is -0.560. The smallest absolute Gasteiger partial charge is 0.0569 e. The van der Waals surface area contributed by atoms with E-state index >= 15 is 0 Å². The molecule has 0 aromatic heterocycles. The molecule has 0 spiro atoms. The van der Waals surface area contributed by atoms with Crippen molar-refractivity contribution in [2.75, 3.05) is 0 Å². The van der Waals surface area contributed by atoms with Gasteiger partial charge in [-0.05, 0) is 118 Å². The fourth-order valence-electron chi connectivity index (χ4n) is 9.09. The molecule has 0 aromatic carbocycles. The van der Waals surface area contributed by atoms with Gasteiger partial charge in [-0.15, -0.1) is 0 Å². The van der Waals surface area contributed by atoms with Crippen molar-refractivity contribution >= 4 is 0 Å². The summed E-state index contributed by atoms with van der Waals surface area (Å²) in [5, 5.41) is 10.5. The summed E-state index contributed by atoms with van der Waals surface area (Å²) in [5.41, 5.74) is 6.44. The lowest BCUT2D eigenvalue weighted by molar-refractivity contribution is -0.0412. The second kappa shape index (κ2) is 7.79. The molecule has 2 fully saturated rings. The molecule has 1 nitrogen and oxygen atoms in total. The van der Waals surface area contributed by atoms with Crippen molar-refractivity contribution in [1.29, 1.82) is 0 Å². The summed E-state index contributed by atoms with van der Waals surface area (Å²) in [7, 11) is 0. The predicted octanol–water partition coefficient (Wildman–Crippen LogP) is 8.09. The first-order valence-corrected chi connectivity index (χ1v) is 13.1. The maximum atomic E-state index is 10.5. The Balaban J connectivity index is 1.63. The van der Waals surface area contributed by atoms with E-state index in [1.54, 1.807) is 0 Å². The highest BCUT2D eigenvalue weighted by Gasteiger charge is 2.62. The quantitative estimate of drug-likeness (QED) is 0.462. The molecule has 0 aliphatic heterocycles. The number of hydrogen-bond donors (Lipinski definition) is 1. The molecule has 0 bridgehead atoms. The van der Waals surface area contributed by atoms with Crippen molar-refractivity contribution in [2.24, 2.45) is 39.9 Å². The highest BCUT2D eigenvalue weighted by Crippen LogP contribution is 2.71. The highest BCUT2D eigenvalue weighted by atomic mass is 16.3. The topological polar surface area (TPSA) is 20.2 Å². The number of hydrogen-bond acceptors (Lipinski definition) is 1. The molecule has 30 heavy (non-hydrogen) atoms. The molecule has 170 valence electrons. The van der Waals surface area contributed by atoms with E-state index in [9.17, 15) is 5.11 Å². The molecule has 2 saturated carbocycles. The second-order valence-corrected chi connectivity index (χ2v) is 12.7. The van der Waals surface area contributed by atoms with E-state index < -0.39 is 0 Å². The Morgan fingerprint density at radius 3 is 2.47 bits per heavy atom. The molecule has 0 radical (unpaired) electrons. The first kappa shape index (κ1) is 22.6. The van der Waals surface area contributed by atoms with Crippen molar-refractivity contribution in [2.45, 2.75) is 119 Å². The zero-order valence-corrected chi connectivity index (χ0v) is 21.0. The Morgan fingerprint density at radius 1 is 1.03 bits per heavy atom.